The van der Waals surface area contributed by atoms with Gasteiger partial charge < -0.3 is 20.4 Å². The van der Waals surface area contributed by atoms with E-state index in [4.69, 9.17) is 0 Å². The van der Waals surface area contributed by atoms with Crippen LogP contribution in [-0.4, -0.2) is 80.5 Å². The van der Waals surface area contributed by atoms with Crippen molar-refractivity contribution < 1.29 is 19.2 Å². The lowest BCUT2D eigenvalue weighted by Crippen LogP contribution is -2.68. The molecule has 2 amide bonds. The van der Waals surface area contributed by atoms with E-state index in [0.717, 1.165) is 25.7 Å². The minimum Gasteiger partial charge on any atom is -0.333 e. The predicted octanol–water partition coefficient (Wildman–Crippen LogP) is 4.78. The average molecular weight is 563 g/mol. The van der Waals surface area contributed by atoms with Gasteiger partial charge in [-0.2, -0.15) is 0 Å². The molecule has 0 saturated carbocycles. The van der Waals surface area contributed by atoms with Crippen LogP contribution in [0.25, 0.3) is 0 Å². The molecule has 0 aliphatic carbocycles. The zero-order valence-electron chi connectivity index (χ0n) is 27.2. The van der Waals surface area contributed by atoms with Crippen molar-refractivity contribution >= 4 is 23.4 Å². The van der Waals surface area contributed by atoms with E-state index in [1.165, 1.54) is 0 Å². The van der Waals surface area contributed by atoms with E-state index in [1.807, 2.05) is 37.5 Å². The normalized spacial score (nSPS) is 24.9. The lowest BCUT2D eigenvalue weighted by molar-refractivity contribution is -0.146. The third-order valence-corrected chi connectivity index (χ3v) is 8.48. The Morgan fingerprint density at radius 2 is 0.975 bits per heavy atom. The summed E-state index contributed by atoms with van der Waals surface area (Å²) < 4.78 is 0. The Morgan fingerprint density at radius 3 is 1.27 bits per heavy atom. The van der Waals surface area contributed by atoms with E-state index in [-0.39, 0.29) is 34.5 Å². The maximum atomic E-state index is 13.5. The number of ketones is 2. The third-order valence-electron chi connectivity index (χ3n) is 8.48. The SMILES string of the molecule is CCCCN(C(=O)CCCCC(=O)N(CCCC)C1CC(C)(C)NC(C)(C)C1=O)C1CC(C)(C)NC(C)(C)C1=O. The molecule has 8 heteroatoms. The molecule has 2 unspecified atom stereocenters. The van der Waals surface area contributed by atoms with Crippen molar-refractivity contribution in [3.05, 3.63) is 0 Å². The largest absolute Gasteiger partial charge is 0.333 e. The van der Waals surface area contributed by atoms with Gasteiger partial charge in [0.2, 0.25) is 11.8 Å². The molecule has 2 saturated heterocycles. The van der Waals surface area contributed by atoms with Crippen LogP contribution in [0.15, 0.2) is 0 Å². The van der Waals surface area contributed by atoms with Crippen LogP contribution in [0, 0.1) is 0 Å². The Balaban J connectivity index is 2.06. The van der Waals surface area contributed by atoms with Gasteiger partial charge in [-0.25, -0.2) is 0 Å². The summed E-state index contributed by atoms with van der Waals surface area (Å²) in [5.41, 5.74) is -1.89. The summed E-state index contributed by atoms with van der Waals surface area (Å²) in [6.45, 7) is 21.3. The molecule has 40 heavy (non-hydrogen) atoms. The molecule has 0 radical (unpaired) electrons. The second-order valence-electron chi connectivity index (χ2n) is 14.5. The summed E-state index contributed by atoms with van der Waals surface area (Å²) in [5.74, 6) is 0.117. The fraction of sp³-hybridized carbons (Fsp3) is 0.875. The molecule has 2 rings (SSSR count). The molecule has 230 valence electrons. The second-order valence-corrected chi connectivity index (χ2v) is 14.5. The molecule has 0 aromatic rings. The van der Waals surface area contributed by atoms with E-state index in [9.17, 15) is 19.2 Å². The second kappa shape index (κ2) is 13.5. The van der Waals surface area contributed by atoms with Crippen LogP contribution in [0.4, 0.5) is 0 Å². The van der Waals surface area contributed by atoms with Gasteiger partial charge in [0.25, 0.3) is 0 Å². The molecule has 2 heterocycles. The van der Waals surface area contributed by atoms with Crippen LogP contribution in [0.2, 0.25) is 0 Å². The van der Waals surface area contributed by atoms with Crippen molar-refractivity contribution in [3.63, 3.8) is 0 Å². The molecule has 0 spiro atoms. The molecule has 2 atom stereocenters. The van der Waals surface area contributed by atoms with E-state index < -0.39 is 23.2 Å². The van der Waals surface area contributed by atoms with Crippen LogP contribution in [0.3, 0.4) is 0 Å². The Morgan fingerprint density at radius 1 is 0.650 bits per heavy atom. The quantitative estimate of drug-likeness (QED) is 0.314. The van der Waals surface area contributed by atoms with Gasteiger partial charge in [0.15, 0.2) is 11.6 Å². The fourth-order valence-electron chi connectivity index (χ4n) is 6.81. The molecule has 8 nitrogen and oxygen atoms in total. The minimum absolute atomic E-state index is 0.00683. The zero-order chi connectivity index (χ0) is 30.5. The third kappa shape index (κ3) is 8.85. The highest BCUT2D eigenvalue weighted by Crippen LogP contribution is 2.31. The highest BCUT2D eigenvalue weighted by Gasteiger charge is 2.49. The average Bonchev–Trinajstić information content (AvgIpc) is 2.81. The summed E-state index contributed by atoms with van der Waals surface area (Å²) in [7, 11) is 0. The van der Waals surface area contributed by atoms with Crippen molar-refractivity contribution in [2.75, 3.05) is 13.1 Å². The van der Waals surface area contributed by atoms with Gasteiger partial charge in [0, 0.05) is 37.0 Å². The molecule has 2 fully saturated rings. The zero-order valence-corrected chi connectivity index (χ0v) is 27.2. The molecule has 2 aliphatic rings. The molecular formula is C32H58N4O4. The van der Waals surface area contributed by atoms with Gasteiger partial charge >= 0.3 is 0 Å². The van der Waals surface area contributed by atoms with Crippen LogP contribution >= 0.6 is 0 Å². The Kier molecular flexibility index (Phi) is 11.6. The molecule has 0 bridgehead atoms. The first-order valence-electron chi connectivity index (χ1n) is 15.6. The van der Waals surface area contributed by atoms with Crippen molar-refractivity contribution in [1.29, 1.82) is 0 Å². The van der Waals surface area contributed by atoms with Gasteiger partial charge in [-0.15, -0.1) is 0 Å². The molecule has 2 N–H and O–H groups in total. The number of carbonyl (C=O) groups excluding carboxylic acids is 4. The van der Waals surface area contributed by atoms with E-state index in [0.29, 0.717) is 51.6 Å². The molecular weight excluding hydrogens is 504 g/mol. The summed E-state index contributed by atoms with van der Waals surface area (Å²) in [5, 5.41) is 6.87. The fourth-order valence-corrected chi connectivity index (χ4v) is 6.81. The van der Waals surface area contributed by atoms with Gasteiger partial charge in [0.1, 0.15) is 0 Å². The van der Waals surface area contributed by atoms with E-state index in [1.54, 1.807) is 0 Å². The van der Waals surface area contributed by atoms with Crippen molar-refractivity contribution in [3.8, 4) is 0 Å². The van der Waals surface area contributed by atoms with Crippen LogP contribution < -0.4 is 10.6 Å². The van der Waals surface area contributed by atoms with Gasteiger partial charge in [-0.3, -0.25) is 19.2 Å². The van der Waals surface area contributed by atoms with Crippen LogP contribution in [0.5, 0.6) is 0 Å². The number of amides is 2. The van der Waals surface area contributed by atoms with Crippen molar-refractivity contribution in [1.82, 2.24) is 20.4 Å². The Hall–Kier alpha value is -1.80. The summed E-state index contributed by atoms with van der Waals surface area (Å²) in [6, 6.07) is -0.872. The van der Waals surface area contributed by atoms with E-state index >= 15 is 0 Å². The molecule has 0 aromatic carbocycles. The summed E-state index contributed by atoms with van der Waals surface area (Å²) in [4.78, 5) is 57.3. The number of hydrogen-bond acceptors (Lipinski definition) is 6. The van der Waals surface area contributed by atoms with Crippen LogP contribution in [-0.2, 0) is 19.2 Å². The first-order valence-corrected chi connectivity index (χ1v) is 15.6. The standard InChI is InChI=1S/C32H58N4O4/c1-11-13-19-35(23-21-29(3,4)33-31(7,8)27(23)39)25(37)17-15-16-18-26(38)36(20-14-12-2)24-22-30(5,6)34-32(9,10)28(24)40/h23-24,33-34H,11-22H2,1-10H3. The first kappa shape index (κ1) is 34.4. The lowest BCUT2D eigenvalue weighted by atomic mass is 9.77. The van der Waals surface area contributed by atoms with Crippen LogP contribution in [0.1, 0.15) is 133 Å². The molecule has 2 aliphatic heterocycles. The number of hydrogen-bond donors (Lipinski definition) is 2. The van der Waals surface area contributed by atoms with Crippen molar-refractivity contribution in [2.24, 2.45) is 0 Å². The number of nitrogens with one attached hydrogen (secondary N) is 2. The minimum atomic E-state index is -0.694. The van der Waals surface area contributed by atoms with E-state index in [2.05, 4.69) is 52.2 Å². The number of unbranched alkanes of at least 4 members (excludes halogenated alkanes) is 3. The Bertz CT molecular complexity index is 850. The number of nitrogens with zero attached hydrogens (tertiary/aromatic N) is 2. The summed E-state index contributed by atoms with van der Waals surface area (Å²) in [6.07, 6.45) is 6.57. The maximum Gasteiger partial charge on any atom is 0.223 e. The van der Waals surface area contributed by atoms with Crippen molar-refractivity contribution in [2.45, 2.75) is 168 Å². The van der Waals surface area contributed by atoms with Gasteiger partial charge in [0.05, 0.1) is 23.2 Å². The molecule has 0 aromatic heterocycles. The highest BCUT2D eigenvalue weighted by atomic mass is 16.2. The van der Waals surface area contributed by atoms with Gasteiger partial charge in [-0.1, -0.05) is 26.7 Å². The maximum absolute atomic E-state index is 13.5. The predicted molar refractivity (Wildman–Crippen MR) is 161 cm³/mol. The number of rotatable bonds is 13. The highest BCUT2D eigenvalue weighted by molar-refractivity contribution is 5.97. The smallest absolute Gasteiger partial charge is 0.223 e. The summed E-state index contributed by atoms with van der Waals surface area (Å²) >= 11 is 0. The van der Waals surface area contributed by atoms with Gasteiger partial charge in [-0.05, 0) is 93.9 Å². The number of piperidine rings is 2. The Labute approximate surface area is 243 Å². The number of Topliss-reactive ketones (excluding diaryl/α,β-unsaturated/α-hetero) is 2. The monoisotopic (exact) mass is 562 g/mol. The number of carbonyl (C=O) groups is 4. The lowest BCUT2D eigenvalue weighted by Gasteiger charge is -2.48. The first-order chi connectivity index (χ1) is 18.4. The topological polar surface area (TPSA) is 98.8 Å².